The van der Waals surface area contributed by atoms with Crippen molar-refractivity contribution in [2.45, 2.75) is 45.2 Å². The maximum Gasteiger partial charge on any atom is 0.271 e. The molecule has 0 bridgehead atoms. The largest absolute Gasteiger partial charge is 0.496 e. The molecule has 5 atom stereocenters. The second-order valence-electron chi connectivity index (χ2n) is 11.2. The molecule has 37 heavy (non-hydrogen) atoms. The Morgan fingerprint density at radius 3 is 2.73 bits per heavy atom. The van der Waals surface area contributed by atoms with Crippen LogP contribution in [0.5, 0.6) is 5.75 Å². The van der Waals surface area contributed by atoms with Crippen LogP contribution >= 0.6 is 0 Å². The third-order valence-corrected chi connectivity index (χ3v) is 8.57. The fourth-order valence-corrected chi connectivity index (χ4v) is 6.50. The summed E-state index contributed by atoms with van der Waals surface area (Å²) in [5.41, 5.74) is 1.11. The minimum absolute atomic E-state index is 0.00977. The van der Waals surface area contributed by atoms with Crippen LogP contribution in [0.4, 0.5) is 0 Å². The Balaban J connectivity index is 1.41. The van der Waals surface area contributed by atoms with Crippen molar-refractivity contribution in [3.8, 4) is 5.75 Å². The minimum Gasteiger partial charge on any atom is -0.496 e. The molecule has 1 aromatic heterocycles. The van der Waals surface area contributed by atoms with E-state index in [0.29, 0.717) is 31.0 Å². The summed E-state index contributed by atoms with van der Waals surface area (Å²) < 4.78 is 5.43. The molecule has 0 spiro atoms. The van der Waals surface area contributed by atoms with Gasteiger partial charge in [0.15, 0.2) is 5.78 Å². The van der Waals surface area contributed by atoms with Crippen molar-refractivity contribution in [1.82, 2.24) is 20.5 Å². The molecule has 3 fully saturated rings. The lowest BCUT2D eigenvalue weighted by molar-refractivity contribution is -0.134. The Morgan fingerprint density at radius 2 is 2.08 bits per heavy atom. The summed E-state index contributed by atoms with van der Waals surface area (Å²) in [4.78, 5) is 56.8. The third-order valence-electron chi connectivity index (χ3n) is 8.57. The lowest BCUT2D eigenvalue weighted by atomic mass is 9.55. The zero-order chi connectivity index (χ0) is 26.5. The fraction of sp³-hybridized carbons (Fsp3) is 0.556. The smallest absolute Gasteiger partial charge is 0.271 e. The number of Topliss-reactive ketones (excluding diaryl/α,β-unsaturated/α-hetero) is 1. The predicted octanol–water partition coefficient (Wildman–Crippen LogP) is 1.24. The van der Waals surface area contributed by atoms with Gasteiger partial charge in [0.1, 0.15) is 24.1 Å². The molecule has 2 aromatic rings. The minimum atomic E-state index is -0.993. The Labute approximate surface area is 215 Å². The van der Waals surface area contributed by atoms with Crippen molar-refractivity contribution in [3.63, 3.8) is 0 Å². The number of rotatable bonds is 8. The first kappa shape index (κ1) is 25.3. The van der Waals surface area contributed by atoms with Gasteiger partial charge in [0.05, 0.1) is 13.2 Å². The van der Waals surface area contributed by atoms with Crippen LogP contribution in [-0.2, 0) is 14.4 Å². The average molecular weight is 511 g/mol. The molecule has 4 N–H and O–H groups in total. The van der Waals surface area contributed by atoms with Gasteiger partial charge in [-0.2, -0.15) is 0 Å². The van der Waals surface area contributed by atoms with Crippen molar-refractivity contribution < 1.29 is 29.0 Å². The van der Waals surface area contributed by atoms with Gasteiger partial charge in [-0.1, -0.05) is 19.9 Å². The van der Waals surface area contributed by atoms with Gasteiger partial charge >= 0.3 is 0 Å². The molecule has 3 heterocycles. The molecular formula is C27H34N4O6. The number of aromatic nitrogens is 1. The third kappa shape index (κ3) is 4.37. The zero-order valence-corrected chi connectivity index (χ0v) is 21.4. The Morgan fingerprint density at radius 1 is 1.30 bits per heavy atom. The number of ketones is 1. The van der Waals surface area contributed by atoms with Crippen LogP contribution in [0.2, 0.25) is 0 Å². The number of carbonyl (C=O) groups excluding carboxylic acids is 4. The highest BCUT2D eigenvalue weighted by atomic mass is 16.5. The van der Waals surface area contributed by atoms with E-state index in [0.717, 1.165) is 17.3 Å². The maximum absolute atomic E-state index is 13.8. The van der Waals surface area contributed by atoms with Gasteiger partial charge in [-0.25, -0.2) is 0 Å². The summed E-state index contributed by atoms with van der Waals surface area (Å²) in [6.07, 6.45) is 1.48. The van der Waals surface area contributed by atoms with Crippen LogP contribution in [0.1, 0.15) is 43.6 Å². The van der Waals surface area contributed by atoms with Gasteiger partial charge in [0.25, 0.3) is 5.91 Å². The molecule has 1 aromatic carbocycles. The van der Waals surface area contributed by atoms with Crippen molar-refractivity contribution in [1.29, 1.82) is 0 Å². The monoisotopic (exact) mass is 510 g/mol. The number of ether oxygens (including phenoxy) is 1. The zero-order valence-electron chi connectivity index (χ0n) is 21.4. The van der Waals surface area contributed by atoms with Crippen LogP contribution in [0.3, 0.4) is 0 Å². The molecular weight excluding hydrogens is 476 g/mol. The Bertz CT molecular complexity index is 1250. The number of carbonyl (C=O) groups is 4. The quantitative estimate of drug-likeness (QED) is 0.421. The topological polar surface area (TPSA) is 141 Å². The highest BCUT2D eigenvalue weighted by molar-refractivity contribution is 6.02. The van der Waals surface area contributed by atoms with Crippen molar-refractivity contribution in [2.24, 2.45) is 23.2 Å². The first-order chi connectivity index (χ1) is 17.6. The van der Waals surface area contributed by atoms with Gasteiger partial charge in [0.2, 0.25) is 11.8 Å². The van der Waals surface area contributed by atoms with Crippen LogP contribution in [0.25, 0.3) is 10.9 Å². The molecule has 3 amide bonds. The number of hydrogen-bond acceptors (Lipinski definition) is 6. The van der Waals surface area contributed by atoms with Gasteiger partial charge in [-0.05, 0) is 54.7 Å². The number of amides is 3. The maximum atomic E-state index is 13.8. The normalized spacial score (nSPS) is 26.8. The molecule has 1 aliphatic carbocycles. The summed E-state index contributed by atoms with van der Waals surface area (Å²) in [6.45, 7) is 4.51. The SMILES string of the molecule is COc1cccc2[nH]c(C(=O)N3CC4C(CC4(C)C)C3C(=O)NC(CC3CCNC3=O)C(=O)CO)cc12. The molecule has 2 saturated heterocycles. The van der Waals surface area contributed by atoms with Crippen molar-refractivity contribution in [2.75, 3.05) is 26.8 Å². The van der Waals surface area contributed by atoms with Gasteiger partial charge in [0, 0.05) is 29.9 Å². The summed E-state index contributed by atoms with van der Waals surface area (Å²) in [5, 5.41) is 15.8. The summed E-state index contributed by atoms with van der Waals surface area (Å²) >= 11 is 0. The van der Waals surface area contributed by atoms with Gasteiger partial charge in [-0.3, -0.25) is 19.2 Å². The molecule has 198 valence electrons. The number of aromatic amines is 1. The molecule has 0 radical (unpaired) electrons. The van der Waals surface area contributed by atoms with Gasteiger partial charge < -0.3 is 30.4 Å². The summed E-state index contributed by atoms with van der Waals surface area (Å²) in [7, 11) is 1.57. The first-order valence-corrected chi connectivity index (χ1v) is 12.8. The van der Waals surface area contributed by atoms with E-state index >= 15 is 0 Å². The van der Waals surface area contributed by atoms with E-state index in [4.69, 9.17) is 4.74 Å². The number of nitrogens with zero attached hydrogens (tertiary/aromatic N) is 1. The number of benzene rings is 1. The lowest BCUT2D eigenvalue weighted by Crippen LogP contribution is -2.55. The number of methoxy groups -OCH3 is 1. The molecule has 1 saturated carbocycles. The first-order valence-electron chi connectivity index (χ1n) is 12.8. The highest BCUT2D eigenvalue weighted by Crippen LogP contribution is 2.57. The van der Waals surface area contributed by atoms with Crippen LogP contribution in [0.15, 0.2) is 24.3 Å². The average Bonchev–Trinajstić information content (AvgIpc) is 3.58. The van der Waals surface area contributed by atoms with E-state index in [1.165, 1.54) is 0 Å². The predicted molar refractivity (Wildman–Crippen MR) is 135 cm³/mol. The number of hydrogen-bond donors (Lipinski definition) is 4. The number of nitrogens with one attached hydrogen (secondary N) is 3. The van der Waals surface area contributed by atoms with E-state index in [1.54, 1.807) is 18.1 Å². The second kappa shape index (κ2) is 9.48. The van der Waals surface area contributed by atoms with Crippen LogP contribution < -0.4 is 15.4 Å². The van der Waals surface area contributed by atoms with E-state index in [9.17, 15) is 24.3 Å². The fourth-order valence-electron chi connectivity index (χ4n) is 6.50. The van der Waals surface area contributed by atoms with Gasteiger partial charge in [-0.15, -0.1) is 0 Å². The molecule has 5 rings (SSSR count). The lowest BCUT2D eigenvalue weighted by Gasteiger charge is -2.48. The number of aliphatic hydroxyl groups excluding tert-OH is 1. The van der Waals surface area contributed by atoms with E-state index in [-0.39, 0.29) is 35.5 Å². The molecule has 10 nitrogen and oxygen atoms in total. The number of likely N-dealkylation sites (tertiary alicyclic amines) is 1. The van der Waals surface area contributed by atoms with Crippen LogP contribution in [-0.4, -0.2) is 77.4 Å². The number of H-pyrrole nitrogens is 1. The molecule has 10 heteroatoms. The van der Waals surface area contributed by atoms with Crippen LogP contribution in [0, 0.1) is 23.2 Å². The van der Waals surface area contributed by atoms with E-state index in [2.05, 4.69) is 29.5 Å². The highest BCUT2D eigenvalue weighted by Gasteiger charge is 2.60. The Kier molecular flexibility index (Phi) is 6.47. The van der Waals surface area contributed by atoms with Crippen molar-refractivity contribution >= 4 is 34.4 Å². The van der Waals surface area contributed by atoms with E-state index in [1.807, 2.05) is 18.2 Å². The molecule has 5 unspecified atom stereocenters. The molecule has 3 aliphatic rings. The Hall–Kier alpha value is -3.40. The summed E-state index contributed by atoms with van der Waals surface area (Å²) in [6, 6.07) is 5.53. The van der Waals surface area contributed by atoms with Crippen molar-refractivity contribution in [3.05, 3.63) is 30.0 Å². The number of aliphatic hydroxyl groups is 1. The second-order valence-corrected chi connectivity index (χ2v) is 11.2. The number of fused-ring (bicyclic) bond motifs is 2. The molecule has 2 aliphatic heterocycles. The summed E-state index contributed by atoms with van der Waals surface area (Å²) in [5.74, 6) is -1.05. The van der Waals surface area contributed by atoms with E-state index < -0.39 is 36.3 Å². The standard InChI is InChI=1S/C27H34N4O6/c1-27(2)11-16-17(27)12-31(26(36)20-10-15-18(29-20)5-4-6-22(15)37-3)23(16)25(35)30-19(21(33)13-32)9-14-7-8-28-24(14)34/h4-6,10,14,16-17,19,23,29,32H,7-9,11-13H2,1-3H3,(H,28,34)(H,30,35).